The SMILES string of the molecule is N/C=C(\C=[NH+]c1ccc(Cl)c(C(F)(F)F)c1)C(=O)c1cc(Br)ccc1NC(=O)c1cccc(CCl)c1. The lowest BCUT2D eigenvalue weighted by Gasteiger charge is -2.11. The van der Waals surface area contributed by atoms with E-state index in [4.69, 9.17) is 28.9 Å². The number of amides is 1. The van der Waals surface area contributed by atoms with Gasteiger partial charge in [-0.15, -0.1) is 11.6 Å². The lowest BCUT2D eigenvalue weighted by molar-refractivity contribution is -0.347. The fraction of sp³-hybridized carbons (Fsp3) is 0.0800. The minimum absolute atomic E-state index is 0.0424. The molecular weight excluding hydrogens is 582 g/mol. The smallest absolute Gasteiger partial charge is 0.404 e. The van der Waals surface area contributed by atoms with Gasteiger partial charge in [-0.2, -0.15) is 13.2 Å². The molecule has 0 aliphatic heterocycles. The van der Waals surface area contributed by atoms with E-state index < -0.39 is 28.5 Å². The van der Waals surface area contributed by atoms with E-state index in [1.54, 1.807) is 30.3 Å². The normalized spacial score (nSPS) is 12.1. The second-order valence-corrected chi connectivity index (χ2v) is 9.00. The second-order valence-electron chi connectivity index (χ2n) is 7.41. The van der Waals surface area contributed by atoms with Gasteiger partial charge in [0.15, 0.2) is 6.21 Å². The highest BCUT2D eigenvalue weighted by atomic mass is 79.9. The summed E-state index contributed by atoms with van der Waals surface area (Å²) < 4.78 is 40.0. The van der Waals surface area contributed by atoms with Crippen LogP contribution in [0.15, 0.2) is 76.9 Å². The molecule has 3 aromatic rings. The molecule has 4 N–H and O–H groups in total. The lowest BCUT2D eigenvalue weighted by atomic mass is 10.0. The number of nitrogens with two attached hydrogens (primary N) is 1. The average molecular weight is 600 g/mol. The van der Waals surface area contributed by atoms with Crippen molar-refractivity contribution in [2.24, 2.45) is 5.73 Å². The molecule has 186 valence electrons. The number of allylic oxidation sites excluding steroid dienone is 1. The fourth-order valence-electron chi connectivity index (χ4n) is 3.14. The van der Waals surface area contributed by atoms with Gasteiger partial charge in [-0.1, -0.05) is 39.7 Å². The van der Waals surface area contributed by atoms with Gasteiger partial charge < -0.3 is 11.1 Å². The zero-order valence-corrected chi connectivity index (χ0v) is 21.4. The summed E-state index contributed by atoms with van der Waals surface area (Å²) in [7, 11) is 0. The topological polar surface area (TPSA) is 86.2 Å². The minimum atomic E-state index is -4.65. The highest BCUT2D eigenvalue weighted by molar-refractivity contribution is 9.10. The quantitative estimate of drug-likeness (QED) is 0.143. The second kappa shape index (κ2) is 11.7. The Bertz CT molecular complexity index is 1370. The molecule has 1 amide bonds. The number of nitrogens with one attached hydrogen (secondary N) is 2. The molecule has 3 rings (SSSR count). The van der Waals surface area contributed by atoms with Crippen LogP contribution in [0.2, 0.25) is 5.02 Å². The summed E-state index contributed by atoms with van der Waals surface area (Å²) >= 11 is 14.8. The van der Waals surface area contributed by atoms with Crippen LogP contribution in [0, 0.1) is 0 Å². The van der Waals surface area contributed by atoms with Gasteiger partial charge in [-0.25, -0.2) is 4.99 Å². The summed E-state index contributed by atoms with van der Waals surface area (Å²) in [6.07, 6.45) is -2.47. The molecule has 0 aliphatic carbocycles. The van der Waals surface area contributed by atoms with Crippen LogP contribution in [-0.2, 0) is 12.1 Å². The Hall–Kier alpha value is -3.14. The van der Waals surface area contributed by atoms with Crippen molar-refractivity contribution >= 4 is 68.4 Å². The molecule has 0 saturated carbocycles. The fourth-order valence-corrected chi connectivity index (χ4v) is 3.89. The number of anilines is 1. The first-order valence-corrected chi connectivity index (χ1v) is 11.9. The summed E-state index contributed by atoms with van der Waals surface area (Å²) in [4.78, 5) is 28.7. The van der Waals surface area contributed by atoms with Gasteiger partial charge in [0.05, 0.1) is 16.3 Å². The first kappa shape index (κ1) is 27.4. The summed E-state index contributed by atoms with van der Waals surface area (Å²) in [6, 6.07) is 14.6. The summed E-state index contributed by atoms with van der Waals surface area (Å²) in [5, 5.41) is 2.25. The molecule has 0 spiro atoms. The van der Waals surface area contributed by atoms with E-state index in [2.05, 4.69) is 26.2 Å². The third-order valence-corrected chi connectivity index (χ3v) is 6.06. The van der Waals surface area contributed by atoms with E-state index in [9.17, 15) is 22.8 Å². The van der Waals surface area contributed by atoms with Crippen LogP contribution < -0.4 is 16.0 Å². The molecule has 36 heavy (non-hydrogen) atoms. The van der Waals surface area contributed by atoms with E-state index in [1.165, 1.54) is 24.4 Å². The van der Waals surface area contributed by atoms with Crippen molar-refractivity contribution in [2.75, 3.05) is 5.32 Å². The molecular formula is C25H18BrCl2F3N3O2+. The van der Waals surface area contributed by atoms with Crippen LogP contribution in [0.3, 0.4) is 0 Å². The summed E-state index contributed by atoms with van der Waals surface area (Å²) in [5.41, 5.74) is 6.02. The van der Waals surface area contributed by atoms with E-state index in [-0.39, 0.29) is 28.4 Å². The first-order valence-electron chi connectivity index (χ1n) is 10.2. The molecule has 3 aromatic carbocycles. The molecule has 0 aliphatic rings. The van der Waals surface area contributed by atoms with Crippen molar-refractivity contribution in [3.63, 3.8) is 0 Å². The minimum Gasteiger partial charge on any atom is -0.404 e. The molecule has 0 atom stereocenters. The van der Waals surface area contributed by atoms with E-state index in [1.807, 2.05) is 0 Å². The van der Waals surface area contributed by atoms with E-state index in [0.29, 0.717) is 10.0 Å². The maximum absolute atomic E-state index is 13.3. The Morgan fingerprint density at radius 2 is 1.83 bits per heavy atom. The zero-order chi connectivity index (χ0) is 26.5. The van der Waals surface area contributed by atoms with Crippen LogP contribution in [-0.4, -0.2) is 17.9 Å². The molecule has 0 unspecified atom stereocenters. The maximum Gasteiger partial charge on any atom is 0.418 e. The number of alkyl halides is 4. The predicted octanol–water partition coefficient (Wildman–Crippen LogP) is 5.62. The molecule has 0 fully saturated rings. The Morgan fingerprint density at radius 1 is 1.08 bits per heavy atom. The number of ketones is 1. The lowest BCUT2D eigenvalue weighted by Crippen LogP contribution is -2.62. The van der Waals surface area contributed by atoms with E-state index >= 15 is 0 Å². The third-order valence-electron chi connectivity index (χ3n) is 4.93. The average Bonchev–Trinajstić information content (AvgIpc) is 2.85. The standard InChI is InChI=1S/C25H17BrCl2F3N3O2/c26-17-4-7-22(34-24(36)15-3-1-2-14(8-15)11-27)19(9-17)23(35)16(12-32)13-33-18-5-6-21(28)20(10-18)25(29,30)31/h1-10,12-13H,11,32H2,(H,34,36)/p+1/b16-12+,33-13?. The van der Waals surface area contributed by atoms with Crippen LogP contribution in [0.1, 0.15) is 31.8 Å². The molecule has 5 nitrogen and oxygen atoms in total. The van der Waals surface area contributed by atoms with Crippen LogP contribution >= 0.6 is 39.1 Å². The van der Waals surface area contributed by atoms with Crippen molar-refractivity contribution in [1.82, 2.24) is 0 Å². The van der Waals surface area contributed by atoms with Gasteiger partial charge in [-0.05, 0) is 42.0 Å². The van der Waals surface area contributed by atoms with Crippen LogP contribution in [0.5, 0.6) is 0 Å². The number of carbonyl (C=O) groups is 2. The van der Waals surface area contributed by atoms with E-state index in [0.717, 1.165) is 23.9 Å². The first-order chi connectivity index (χ1) is 17.0. The third kappa shape index (κ3) is 6.75. The molecule has 0 radical (unpaired) electrons. The number of carbonyl (C=O) groups excluding carboxylic acids is 2. The van der Waals surface area contributed by atoms with Gasteiger partial charge in [0, 0.05) is 39.8 Å². The highest BCUT2D eigenvalue weighted by Gasteiger charge is 2.34. The van der Waals surface area contributed by atoms with Crippen LogP contribution in [0.4, 0.5) is 24.5 Å². The Kier molecular flexibility index (Phi) is 8.94. The van der Waals surface area contributed by atoms with Gasteiger partial charge in [-0.3, -0.25) is 9.59 Å². The predicted molar refractivity (Wildman–Crippen MR) is 138 cm³/mol. The number of halogens is 6. The number of benzene rings is 3. The molecule has 0 aromatic heterocycles. The largest absolute Gasteiger partial charge is 0.418 e. The van der Waals surface area contributed by atoms with Gasteiger partial charge in [0.2, 0.25) is 11.5 Å². The number of hydrogen-bond acceptors (Lipinski definition) is 3. The van der Waals surface area contributed by atoms with Crippen molar-refractivity contribution in [3.8, 4) is 0 Å². The number of hydrogen-bond donors (Lipinski definition) is 3. The van der Waals surface area contributed by atoms with Crippen molar-refractivity contribution < 1.29 is 27.8 Å². The number of rotatable bonds is 7. The molecule has 0 bridgehead atoms. The Labute approximate surface area is 222 Å². The Balaban J connectivity index is 1.90. The van der Waals surface area contributed by atoms with Crippen molar-refractivity contribution in [3.05, 3.63) is 104 Å². The maximum atomic E-state index is 13.3. The summed E-state index contributed by atoms with van der Waals surface area (Å²) in [6.45, 7) is 0. The number of Topliss-reactive ketones (excluding diaryl/α,β-unsaturated/α-hetero) is 1. The van der Waals surface area contributed by atoms with Gasteiger partial charge in [0.25, 0.3) is 5.91 Å². The van der Waals surface area contributed by atoms with Gasteiger partial charge >= 0.3 is 6.18 Å². The Morgan fingerprint density at radius 3 is 2.50 bits per heavy atom. The van der Waals surface area contributed by atoms with Crippen LogP contribution in [0.25, 0.3) is 0 Å². The van der Waals surface area contributed by atoms with Gasteiger partial charge in [0.1, 0.15) is 5.57 Å². The molecule has 0 heterocycles. The summed E-state index contributed by atoms with van der Waals surface area (Å²) in [5.74, 6) is -0.810. The molecule has 11 heteroatoms. The molecule has 0 saturated heterocycles. The van der Waals surface area contributed by atoms with Crippen molar-refractivity contribution in [2.45, 2.75) is 12.1 Å². The van der Waals surface area contributed by atoms with Crippen molar-refractivity contribution in [1.29, 1.82) is 0 Å². The monoisotopic (exact) mass is 598 g/mol. The highest BCUT2D eigenvalue weighted by Crippen LogP contribution is 2.35. The zero-order valence-electron chi connectivity index (χ0n) is 18.3.